The van der Waals surface area contributed by atoms with Gasteiger partial charge in [0.15, 0.2) is 0 Å². The van der Waals surface area contributed by atoms with E-state index in [2.05, 4.69) is 170 Å². The van der Waals surface area contributed by atoms with Crippen LogP contribution in [0.4, 0.5) is 0 Å². The summed E-state index contributed by atoms with van der Waals surface area (Å²) < 4.78 is 0. The Labute approximate surface area is 274 Å². The number of benzene rings is 8. The first-order valence-corrected chi connectivity index (χ1v) is 16.2. The van der Waals surface area contributed by atoms with Gasteiger partial charge in [-0.1, -0.05) is 140 Å². The van der Waals surface area contributed by atoms with Crippen LogP contribution in [-0.2, 0) is 0 Å². The molecule has 47 heavy (non-hydrogen) atoms. The molecule has 0 aliphatic rings. The maximum Gasteiger partial charge on any atom is 0.0731 e. The monoisotopic (exact) mass is 597 g/mol. The topological polar surface area (TPSA) is 12.9 Å². The van der Waals surface area contributed by atoms with E-state index in [0.29, 0.717) is 0 Å². The summed E-state index contributed by atoms with van der Waals surface area (Å²) in [6, 6.07) is 59.9. The molecule has 0 aliphatic carbocycles. The molecule has 1 heteroatoms. The third-order valence-electron chi connectivity index (χ3n) is 9.60. The number of aromatic nitrogens is 1. The van der Waals surface area contributed by atoms with Crippen LogP contribution in [0.25, 0.3) is 87.7 Å². The van der Waals surface area contributed by atoms with Crippen molar-refractivity contribution < 1.29 is 0 Å². The molecule has 0 saturated heterocycles. The van der Waals surface area contributed by atoms with Gasteiger partial charge in [-0.05, 0) is 113 Å². The second-order valence-electron chi connectivity index (χ2n) is 12.4. The van der Waals surface area contributed by atoms with E-state index in [-0.39, 0.29) is 0 Å². The van der Waals surface area contributed by atoms with Gasteiger partial charge in [-0.2, -0.15) is 0 Å². The standard InChI is InChI=1S/C46H31N/c1-30-9-8-26-47-46(30)34-20-16-33(17-21-34)37-24-25-42-43(29-37)45(39-23-19-32-11-3-5-13-36(32)28-39)41-15-7-6-14-40(41)44(42)38-22-18-31-10-2-4-12-35(31)27-38/h2-29H,1H3. The number of hydrogen-bond acceptors (Lipinski definition) is 1. The lowest BCUT2D eigenvalue weighted by Crippen LogP contribution is -1.92. The van der Waals surface area contributed by atoms with E-state index in [0.717, 1.165) is 11.3 Å². The molecule has 0 bridgehead atoms. The molecule has 9 rings (SSSR count). The summed E-state index contributed by atoms with van der Waals surface area (Å²) in [5.74, 6) is 0. The Kier molecular flexibility index (Phi) is 6.43. The van der Waals surface area contributed by atoms with E-state index >= 15 is 0 Å². The van der Waals surface area contributed by atoms with Gasteiger partial charge in [-0.3, -0.25) is 4.98 Å². The van der Waals surface area contributed by atoms with Crippen LogP contribution in [-0.4, -0.2) is 4.98 Å². The maximum absolute atomic E-state index is 4.64. The first-order valence-electron chi connectivity index (χ1n) is 16.2. The van der Waals surface area contributed by atoms with E-state index in [1.807, 2.05) is 12.3 Å². The molecule has 0 amide bonds. The SMILES string of the molecule is Cc1cccnc1-c1ccc(-c2ccc3c(-c4ccc5ccccc5c4)c4ccccc4c(-c4ccc5ccccc5c4)c3c2)cc1. The Balaban J connectivity index is 1.32. The van der Waals surface area contributed by atoms with Gasteiger partial charge >= 0.3 is 0 Å². The third-order valence-corrected chi connectivity index (χ3v) is 9.60. The van der Waals surface area contributed by atoms with Gasteiger partial charge in [0, 0.05) is 11.8 Å². The maximum atomic E-state index is 4.64. The second-order valence-corrected chi connectivity index (χ2v) is 12.4. The Morgan fingerprint density at radius 1 is 0.340 bits per heavy atom. The molecule has 220 valence electrons. The number of pyridine rings is 1. The minimum absolute atomic E-state index is 1.03. The lowest BCUT2D eigenvalue weighted by Gasteiger charge is -2.19. The van der Waals surface area contributed by atoms with Crippen molar-refractivity contribution in [1.82, 2.24) is 4.98 Å². The summed E-state index contributed by atoms with van der Waals surface area (Å²) in [5.41, 5.74) is 10.7. The largest absolute Gasteiger partial charge is 0.256 e. The molecule has 8 aromatic carbocycles. The minimum Gasteiger partial charge on any atom is -0.256 e. The molecule has 0 atom stereocenters. The lowest BCUT2D eigenvalue weighted by molar-refractivity contribution is 1.27. The summed E-state index contributed by atoms with van der Waals surface area (Å²) >= 11 is 0. The Bertz CT molecular complexity index is 2630. The van der Waals surface area contributed by atoms with Gasteiger partial charge < -0.3 is 0 Å². The molecule has 0 unspecified atom stereocenters. The summed E-state index contributed by atoms with van der Waals surface area (Å²) in [6.07, 6.45) is 1.87. The molecule has 0 N–H and O–H groups in total. The highest BCUT2D eigenvalue weighted by atomic mass is 14.7. The molecule has 1 aromatic heterocycles. The Hall–Kier alpha value is -6.05. The highest BCUT2D eigenvalue weighted by Gasteiger charge is 2.18. The fourth-order valence-electron chi connectivity index (χ4n) is 7.28. The van der Waals surface area contributed by atoms with Gasteiger partial charge in [0.25, 0.3) is 0 Å². The summed E-state index contributed by atoms with van der Waals surface area (Å²) in [5, 5.41) is 10.0. The number of hydrogen-bond donors (Lipinski definition) is 0. The van der Waals surface area contributed by atoms with Crippen LogP contribution in [0.2, 0.25) is 0 Å². The zero-order chi connectivity index (χ0) is 31.3. The fraction of sp³-hybridized carbons (Fsp3) is 0.0217. The molecular weight excluding hydrogens is 567 g/mol. The summed E-state index contributed by atoms with van der Waals surface area (Å²) in [7, 11) is 0. The van der Waals surface area contributed by atoms with Crippen molar-refractivity contribution in [2.75, 3.05) is 0 Å². The van der Waals surface area contributed by atoms with Gasteiger partial charge in [0.2, 0.25) is 0 Å². The summed E-state index contributed by atoms with van der Waals surface area (Å²) in [4.78, 5) is 4.64. The number of rotatable bonds is 4. The Morgan fingerprint density at radius 2 is 0.830 bits per heavy atom. The average Bonchev–Trinajstić information content (AvgIpc) is 3.13. The van der Waals surface area contributed by atoms with Crippen molar-refractivity contribution >= 4 is 43.1 Å². The first-order chi connectivity index (χ1) is 23.2. The van der Waals surface area contributed by atoms with E-state index in [9.17, 15) is 0 Å². The van der Waals surface area contributed by atoms with Gasteiger partial charge in [0.05, 0.1) is 5.69 Å². The van der Waals surface area contributed by atoms with E-state index in [1.165, 1.54) is 82.0 Å². The van der Waals surface area contributed by atoms with Crippen molar-refractivity contribution in [1.29, 1.82) is 0 Å². The highest BCUT2D eigenvalue weighted by molar-refractivity contribution is 6.22. The first kappa shape index (κ1) is 27.3. The van der Waals surface area contributed by atoms with E-state index < -0.39 is 0 Å². The fourth-order valence-corrected chi connectivity index (χ4v) is 7.28. The number of nitrogens with zero attached hydrogens (tertiary/aromatic N) is 1. The Morgan fingerprint density at radius 3 is 1.45 bits per heavy atom. The molecule has 1 nitrogen and oxygen atoms in total. The molecule has 0 radical (unpaired) electrons. The van der Waals surface area contributed by atoms with Crippen molar-refractivity contribution in [3.05, 3.63) is 176 Å². The van der Waals surface area contributed by atoms with Crippen LogP contribution >= 0.6 is 0 Å². The smallest absolute Gasteiger partial charge is 0.0731 e. The lowest BCUT2D eigenvalue weighted by atomic mass is 9.84. The van der Waals surface area contributed by atoms with E-state index in [1.54, 1.807) is 0 Å². The third kappa shape index (κ3) is 4.67. The summed E-state index contributed by atoms with van der Waals surface area (Å²) in [6.45, 7) is 2.12. The molecular formula is C46H31N. The predicted octanol–water partition coefficient (Wildman–Crippen LogP) is 12.7. The number of fused-ring (bicyclic) bond motifs is 4. The predicted molar refractivity (Wildman–Crippen MR) is 201 cm³/mol. The van der Waals surface area contributed by atoms with Gasteiger partial charge in [-0.25, -0.2) is 0 Å². The highest BCUT2D eigenvalue weighted by Crippen LogP contribution is 2.45. The molecule has 1 heterocycles. The van der Waals surface area contributed by atoms with Crippen LogP contribution in [0, 0.1) is 6.92 Å². The van der Waals surface area contributed by atoms with Crippen LogP contribution < -0.4 is 0 Å². The van der Waals surface area contributed by atoms with Crippen molar-refractivity contribution in [3.8, 4) is 44.6 Å². The molecule has 0 saturated carbocycles. The van der Waals surface area contributed by atoms with Gasteiger partial charge in [-0.15, -0.1) is 0 Å². The quantitative estimate of drug-likeness (QED) is 0.184. The van der Waals surface area contributed by atoms with Crippen LogP contribution in [0.3, 0.4) is 0 Å². The molecule has 0 spiro atoms. The van der Waals surface area contributed by atoms with Crippen molar-refractivity contribution in [2.45, 2.75) is 6.92 Å². The molecule has 0 fully saturated rings. The normalized spacial score (nSPS) is 11.5. The zero-order valence-electron chi connectivity index (χ0n) is 26.1. The average molecular weight is 598 g/mol. The molecule has 0 aliphatic heterocycles. The van der Waals surface area contributed by atoms with Crippen LogP contribution in [0.1, 0.15) is 5.56 Å². The molecule has 9 aromatic rings. The van der Waals surface area contributed by atoms with Gasteiger partial charge in [0.1, 0.15) is 0 Å². The number of aryl methyl sites for hydroxylation is 1. The zero-order valence-corrected chi connectivity index (χ0v) is 26.1. The van der Waals surface area contributed by atoms with E-state index in [4.69, 9.17) is 0 Å². The van der Waals surface area contributed by atoms with Crippen LogP contribution in [0.15, 0.2) is 170 Å². The minimum atomic E-state index is 1.03. The second kappa shape index (κ2) is 11.1. The van der Waals surface area contributed by atoms with Crippen molar-refractivity contribution in [3.63, 3.8) is 0 Å². The van der Waals surface area contributed by atoms with Crippen molar-refractivity contribution in [2.24, 2.45) is 0 Å². The van der Waals surface area contributed by atoms with Crippen LogP contribution in [0.5, 0.6) is 0 Å².